The number of anilines is 1. The average Bonchev–Trinajstić information content (AvgIpc) is 2.77. The zero-order chi connectivity index (χ0) is 14.7. The molecule has 1 aromatic rings. The number of hydrogen-bond acceptors (Lipinski definition) is 4. The van der Waals surface area contributed by atoms with E-state index in [9.17, 15) is 9.59 Å². The first-order valence-corrected chi connectivity index (χ1v) is 7.51. The molecule has 0 saturated carbocycles. The van der Waals surface area contributed by atoms with E-state index in [4.69, 9.17) is 16.9 Å². The zero-order valence-electron chi connectivity index (χ0n) is 10.9. The zero-order valence-corrected chi connectivity index (χ0v) is 12.5. The molecule has 1 fully saturated rings. The van der Waals surface area contributed by atoms with Gasteiger partial charge in [-0.25, -0.2) is 0 Å². The first-order chi connectivity index (χ1) is 9.52. The lowest BCUT2D eigenvalue weighted by molar-refractivity contribution is -0.117. The number of benzene rings is 1. The molecule has 6 heteroatoms. The summed E-state index contributed by atoms with van der Waals surface area (Å²) in [5.41, 5.74) is 0.878. The van der Waals surface area contributed by atoms with Gasteiger partial charge in [-0.05, 0) is 18.1 Å². The van der Waals surface area contributed by atoms with E-state index in [1.165, 1.54) is 18.7 Å². The molecule has 0 aliphatic carbocycles. The van der Waals surface area contributed by atoms with E-state index in [1.807, 2.05) is 0 Å². The second-order valence-corrected chi connectivity index (χ2v) is 6.23. The summed E-state index contributed by atoms with van der Waals surface area (Å²) in [6.07, 6.45) is 0.385. The third-order valence-electron chi connectivity index (χ3n) is 3.10. The fraction of sp³-hybridized carbons (Fsp3) is 0.357. The van der Waals surface area contributed by atoms with Crippen molar-refractivity contribution in [3.63, 3.8) is 0 Å². The summed E-state index contributed by atoms with van der Waals surface area (Å²) in [6.45, 7) is 2.01. The smallest absolute Gasteiger partial charge is 0.227 e. The minimum atomic E-state index is -0.0521. The second-order valence-electron chi connectivity index (χ2n) is 4.62. The predicted molar refractivity (Wildman–Crippen MR) is 79.8 cm³/mol. The molecule has 1 atom stereocenters. The van der Waals surface area contributed by atoms with Crippen LogP contribution in [0.2, 0.25) is 5.02 Å². The molecule has 0 radical (unpaired) electrons. The lowest BCUT2D eigenvalue weighted by Crippen LogP contribution is -2.26. The predicted octanol–water partition coefficient (Wildman–Crippen LogP) is 2.84. The van der Waals surface area contributed by atoms with Crippen LogP contribution in [-0.2, 0) is 9.59 Å². The molecule has 1 aliphatic heterocycles. The highest BCUT2D eigenvalue weighted by Gasteiger charge is 2.33. The number of para-hydroxylation sites is 1. The van der Waals surface area contributed by atoms with Crippen molar-refractivity contribution in [2.45, 2.75) is 13.3 Å². The largest absolute Gasteiger partial charge is 0.309 e. The maximum Gasteiger partial charge on any atom is 0.227 e. The van der Waals surface area contributed by atoms with Crippen LogP contribution in [0.3, 0.4) is 0 Å². The van der Waals surface area contributed by atoms with Gasteiger partial charge in [0, 0.05) is 25.6 Å². The topological polar surface area (TPSA) is 61.2 Å². The Morgan fingerprint density at radius 3 is 3.00 bits per heavy atom. The number of rotatable bonds is 3. The van der Waals surface area contributed by atoms with E-state index >= 15 is 0 Å². The van der Waals surface area contributed by atoms with Gasteiger partial charge in [0.2, 0.25) is 5.91 Å². The third kappa shape index (κ3) is 3.14. The normalized spacial score (nSPS) is 18.1. The molecule has 1 aliphatic rings. The maximum atomic E-state index is 12.1. The van der Waals surface area contributed by atoms with Gasteiger partial charge in [0.1, 0.15) is 6.07 Å². The molecule has 1 heterocycles. The Morgan fingerprint density at radius 1 is 1.60 bits per heavy atom. The van der Waals surface area contributed by atoms with Crippen LogP contribution in [0, 0.1) is 17.2 Å². The molecule has 0 bridgehead atoms. The number of amides is 1. The van der Waals surface area contributed by atoms with Crippen molar-refractivity contribution < 1.29 is 9.59 Å². The van der Waals surface area contributed by atoms with Gasteiger partial charge in [-0.3, -0.25) is 9.59 Å². The number of hydrogen-bond donors (Lipinski definition) is 0. The molecule has 1 aromatic carbocycles. The Bertz CT molecular complexity index is 597. The number of halogens is 1. The van der Waals surface area contributed by atoms with Crippen LogP contribution < -0.4 is 4.90 Å². The molecule has 1 unspecified atom stereocenters. The van der Waals surface area contributed by atoms with Gasteiger partial charge >= 0.3 is 0 Å². The average molecular weight is 309 g/mol. The Hall–Kier alpha value is -1.51. The first-order valence-electron chi connectivity index (χ1n) is 6.15. The van der Waals surface area contributed by atoms with Crippen LogP contribution in [0.15, 0.2) is 18.2 Å². The van der Waals surface area contributed by atoms with Gasteiger partial charge in [-0.15, -0.1) is 0 Å². The number of carbonyl (C=O) groups excluding carboxylic acids is 2. The standard InChI is InChI=1S/C14H13ClN2O2S/c1-9(18)20-8-10-5-13(19)17(7-10)14-11(6-16)3-2-4-12(14)15/h2-4,10H,5,7-8H2,1H3. The van der Waals surface area contributed by atoms with Gasteiger partial charge in [0.15, 0.2) is 5.12 Å². The lowest BCUT2D eigenvalue weighted by atomic mass is 10.1. The van der Waals surface area contributed by atoms with Crippen molar-refractivity contribution in [1.29, 1.82) is 5.26 Å². The van der Waals surface area contributed by atoms with Crippen molar-refractivity contribution in [3.05, 3.63) is 28.8 Å². The molecular weight excluding hydrogens is 296 g/mol. The Labute approximate surface area is 126 Å². The molecule has 20 heavy (non-hydrogen) atoms. The van der Waals surface area contributed by atoms with Crippen LogP contribution >= 0.6 is 23.4 Å². The fourth-order valence-corrected chi connectivity index (χ4v) is 3.19. The molecule has 2 rings (SSSR count). The number of carbonyl (C=O) groups is 2. The summed E-state index contributed by atoms with van der Waals surface area (Å²) in [7, 11) is 0. The highest BCUT2D eigenvalue weighted by atomic mass is 35.5. The van der Waals surface area contributed by atoms with Crippen LogP contribution in [0.25, 0.3) is 0 Å². The van der Waals surface area contributed by atoms with Crippen LogP contribution in [-0.4, -0.2) is 23.3 Å². The molecule has 0 spiro atoms. The molecule has 0 aromatic heterocycles. The minimum Gasteiger partial charge on any atom is -0.309 e. The van der Waals surface area contributed by atoms with E-state index in [0.29, 0.717) is 35.0 Å². The lowest BCUT2D eigenvalue weighted by Gasteiger charge is -2.19. The summed E-state index contributed by atoms with van der Waals surface area (Å²) < 4.78 is 0. The minimum absolute atomic E-state index is 0.0476. The number of nitriles is 1. The summed E-state index contributed by atoms with van der Waals surface area (Å²) in [4.78, 5) is 24.7. The second kappa shape index (κ2) is 6.29. The van der Waals surface area contributed by atoms with Gasteiger partial charge in [0.05, 0.1) is 16.3 Å². The number of thioether (sulfide) groups is 1. The van der Waals surface area contributed by atoms with Gasteiger partial charge in [-0.1, -0.05) is 29.4 Å². The molecule has 1 saturated heterocycles. The van der Waals surface area contributed by atoms with E-state index in [2.05, 4.69) is 6.07 Å². The van der Waals surface area contributed by atoms with Gasteiger partial charge < -0.3 is 4.90 Å². The fourth-order valence-electron chi connectivity index (χ4n) is 2.22. The van der Waals surface area contributed by atoms with Crippen molar-refractivity contribution in [2.24, 2.45) is 5.92 Å². The molecule has 104 valence electrons. The first kappa shape index (κ1) is 14.9. The highest BCUT2D eigenvalue weighted by molar-refractivity contribution is 8.13. The summed E-state index contributed by atoms with van der Waals surface area (Å²) in [5, 5.41) is 9.58. The van der Waals surface area contributed by atoms with Crippen molar-refractivity contribution in [2.75, 3.05) is 17.2 Å². The molecular formula is C14H13ClN2O2S. The SMILES string of the molecule is CC(=O)SCC1CC(=O)N(c2c(Cl)cccc2C#N)C1. The van der Waals surface area contributed by atoms with Crippen molar-refractivity contribution in [1.82, 2.24) is 0 Å². The van der Waals surface area contributed by atoms with Crippen molar-refractivity contribution in [3.8, 4) is 6.07 Å². The molecule has 0 N–H and O–H groups in total. The van der Waals surface area contributed by atoms with E-state index in [1.54, 1.807) is 23.1 Å². The van der Waals surface area contributed by atoms with E-state index in [0.717, 1.165) is 0 Å². The molecule has 4 nitrogen and oxygen atoms in total. The monoisotopic (exact) mass is 308 g/mol. The highest BCUT2D eigenvalue weighted by Crippen LogP contribution is 2.34. The Kier molecular flexibility index (Phi) is 4.69. The summed E-state index contributed by atoms with van der Waals surface area (Å²) in [5.74, 6) is 0.673. The summed E-state index contributed by atoms with van der Waals surface area (Å²) in [6, 6.07) is 7.06. The summed E-state index contributed by atoms with van der Waals surface area (Å²) >= 11 is 7.35. The molecule has 1 amide bonds. The number of nitrogens with zero attached hydrogens (tertiary/aromatic N) is 2. The van der Waals surface area contributed by atoms with Crippen LogP contribution in [0.5, 0.6) is 0 Å². The van der Waals surface area contributed by atoms with E-state index in [-0.39, 0.29) is 16.9 Å². The Balaban J connectivity index is 2.20. The van der Waals surface area contributed by atoms with Crippen LogP contribution in [0.1, 0.15) is 18.9 Å². The third-order valence-corrected chi connectivity index (χ3v) is 4.45. The van der Waals surface area contributed by atoms with Crippen molar-refractivity contribution >= 4 is 40.1 Å². The van der Waals surface area contributed by atoms with Crippen LogP contribution in [0.4, 0.5) is 5.69 Å². The van der Waals surface area contributed by atoms with Gasteiger partial charge in [0.25, 0.3) is 0 Å². The van der Waals surface area contributed by atoms with E-state index < -0.39 is 0 Å². The maximum absolute atomic E-state index is 12.1. The van der Waals surface area contributed by atoms with Gasteiger partial charge in [-0.2, -0.15) is 5.26 Å². The quantitative estimate of drug-likeness (QED) is 0.861. The Morgan fingerprint density at radius 2 is 2.35 bits per heavy atom.